The number of rotatable bonds is 2. The first-order valence-electron chi connectivity index (χ1n) is 13.5. The van der Waals surface area contributed by atoms with Crippen molar-refractivity contribution in [3.63, 3.8) is 0 Å². The van der Waals surface area contributed by atoms with Crippen LogP contribution in [0, 0.1) is 0 Å². The second-order valence-corrected chi connectivity index (χ2v) is 10.4. The lowest BCUT2D eigenvalue weighted by Crippen LogP contribution is -1.98. The minimum absolute atomic E-state index is 0.868. The summed E-state index contributed by atoms with van der Waals surface area (Å²) in [7, 11) is 0. The highest BCUT2D eigenvalue weighted by atomic mass is 15.0. The molecule has 0 aliphatic carbocycles. The van der Waals surface area contributed by atoms with E-state index in [1.165, 1.54) is 71.3 Å². The standard InChI is InChI=1S/C36H23N3/c1-2-9-24(10-3-1)38-31-14-6-4-11-25(31)29-22-28-23(21-35(29)38)17-18-34-36(28)27-12-5-7-15-33(27)39(34)32-16-8-13-30-26(32)19-20-37-30/h1-18,20-22H,19H2. The van der Waals surface area contributed by atoms with Crippen LogP contribution in [0.3, 0.4) is 0 Å². The van der Waals surface area contributed by atoms with E-state index in [1.807, 2.05) is 6.21 Å². The van der Waals surface area contributed by atoms with Crippen molar-refractivity contribution in [2.24, 2.45) is 4.99 Å². The van der Waals surface area contributed by atoms with Gasteiger partial charge in [0.2, 0.25) is 0 Å². The van der Waals surface area contributed by atoms with Crippen molar-refractivity contribution in [1.29, 1.82) is 0 Å². The first-order chi connectivity index (χ1) is 19.4. The van der Waals surface area contributed by atoms with Crippen molar-refractivity contribution in [3.8, 4) is 11.4 Å². The van der Waals surface area contributed by atoms with Crippen molar-refractivity contribution >= 4 is 66.3 Å². The van der Waals surface area contributed by atoms with Gasteiger partial charge >= 0.3 is 0 Å². The van der Waals surface area contributed by atoms with E-state index in [0.29, 0.717) is 0 Å². The molecular formula is C36H23N3. The van der Waals surface area contributed by atoms with Gasteiger partial charge in [-0.25, -0.2) is 0 Å². The van der Waals surface area contributed by atoms with Crippen LogP contribution >= 0.6 is 0 Å². The number of fused-ring (bicyclic) bond motifs is 9. The number of aromatic nitrogens is 2. The molecule has 1 aliphatic rings. The molecule has 0 spiro atoms. The molecule has 182 valence electrons. The van der Waals surface area contributed by atoms with Crippen molar-refractivity contribution in [1.82, 2.24) is 9.13 Å². The van der Waals surface area contributed by atoms with Crippen LogP contribution in [0.4, 0.5) is 5.69 Å². The molecule has 3 nitrogen and oxygen atoms in total. The Morgan fingerprint density at radius 1 is 0.513 bits per heavy atom. The van der Waals surface area contributed by atoms with E-state index in [9.17, 15) is 0 Å². The van der Waals surface area contributed by atoms with Crippen LogP contribution in [-0.4, -0.2) is 15.3 Å². The van der Waals surface area contributed by atoms with Crippen LogP contribution in [0.1, 0.15) is 5.56 Å². The topological polar surface area (TPSA) is 22.2 Å². The smallest absolute Gasteiger partial charge is 0.0682 e. The van der Waals surface area contributed by atoms with Crippen LogP contribution in [-0.2, 0) is 6.42 Å². The van der Waals surface area contributed by atoms with Crippen molar-refractivity contribution in [2.45, 2.75) is 6.42 Å². The highest BCUT2D eigenvalue weighted by molar-refractivity contribution is 6.25. The van der Waals surface area contributed by atoms with Crippen LogP contribution < -0.4 is 0 Å². The fourth-order valence-electron chi connectivity index (χ4n) is 6.71. The summed E-state index contributed by atoms with van der Waals surface area (Å²) in [5.74, 6) is 0. The molecule has 3 heteroatoms. The largest absolute Gasteiger partial charge is 0.309 e. The van der Waals surface area contributed by atoms with Gasteiger partial charge in [-0.3, -0.25) is 4.99 Å². The number of aliphatic imine (C=N–C) groups is 1. The van der Waals surface area contributed by atoms with E-state index in [1.54, 1.807) is 0 Å². The molecule has 0 N–H and O–H groups in total. The SMILES string of the molecule is C1=Nc2cccc(-n3c4ccccc4c4c5cc6c7ccccc7n(-c7ccccc7)c6cc5ccc43)c2C1. The summed E-state index contributed by atoms with van der Waals surface area (Å²) < 4.78 is 4.83. The lowest BCUT2D eigenvalue weighted by Gasteiger charge is -2.12. The zero-order valence-electron chi connectivity index (χ0n) is 21.2. The molecule has 39 heavy (non-hydrogen) atoms. The molecule has 0 saturated heterocycles. The predicted molar refractivity (Wildman–Crippen MR) is 164 cm³/mol. The summed E-state index contributed by atoms with van der Waals surface area (Å²) in [6.07, 6.45) is 2.89. The number of hydrogen-bond acceptors (Lipinski definition) is 1. The Kier molecular flexibility index (Phi) is 4.11. The monoisotopic (exact) mass is 497 g/mol. The quantitative estimate of drug-likeness (QED) is 0.227. The maximum atomic E-state index is 4.63. The number of hydrogen-bond donors (Lipinski definition) is 0. The highest BCUT2D eigenvalue weighted by Gasteiger charge is 2.20. The van der Waals surface area contributed by atoms with Gasteiger partial charge in [-0.05, 0) is 65.4 Å². The Morgan fingerprint density at radius 3 is 2.15 bits per heavy atom. The molecule has 9 rings (SSSR count). The fourth-order valence-corrected chi connectivity index (χ4v) is 6.71. The Balaban J connectivity index is 1.44. The molecule has 0 atom stereocenters. The molecule has 0 amide bonds. The van der Waals surface area contributed by atoms with Gasteiger partial charge in [0.05, 0.1) is 33.4 Å². The highest BCUT2D eigenvalue weighted by Crippen LogP contribution is 2.42. The first-order valence-corrected chi connectivity index (χ1v) is 13.5. The third-order valence-electron chi connectivity index (χ3n) is 8.35. The summed E-state index contributed by atoms with van der Waals surface area (Å²) >= 11 is 0. The van der Waals surface area contributed by atoms with Crippen LogP contribution in [0.15, 0.2) is 126 Å². The Labute approximate surface area is 224 Å². The maximum absolute atomic E-state index is 4.63. The van der Waals surface area contributed by atoms with Gasteiger partial charge in [0.1, 0.15) is 0 Å². The van der Waals surface area contributed by atoms with Crippen molar-refractivity contribution < 1.29 is 0 Å². The van der Waals surface area contributed by atoms with E-state index in [0.717, 1.165) is 12.1 Å². The lowest BCUT2D eigenvalue weighted by atomic mass is 10.0. The molecule has 8 aromatic rings. The summed E-state index contributed by atoms with van der Waals surface area (Å²) in [4.78, 5) is 4.63. The minimum Gasteiger partial charge on any atom is -0.309 e. The number of para-hydroxylation sites is 3. The second-order valence-electron chi connectivity index (χ2n) is 10.4. The molecule has 1 aliphatic heterocycles. The number of nitrogens with zero attached hydrogens (tertiary/aromatic N) is 3. The van der Waals surface area contributed by atoms with Crippen LogP contribution in [0.25, 0.3) is 65.8 Å². The van der Waals surface area contributed by atoms with Crippen molar-refractivity contribution in [3.05, 3.63) is 127 Å². The fraction of sp³-hybridized carbons (Fsp3) is 0.0278. The van der Waals surface area contributed by atoms with Crippen LogP contribution in [0.2, 0.25) is 0 Å². The van der Waals surface area contributed by atoms with E-state index in [-0.39, 0.29) is 0 Å². The molecule has 0 fully saturated rings. The van der Waals surface area contributed by atoms with E-state index in [4.69, 9.17) is 0 Å². The zero-order valence-corrected chi connectivity index (χ0v) is 21.2. The van der Waals surface area contributed by atoms with Gasteiger partial charge in [-0.15, -0.1) is 0 Å². The first kappa shape index (κ1) is 20.9. The van der Waals surface area contributed by atoms with Gasteiger partial charge in [-0.1, -0.05) is 66.7 Å². The molecule has 3 heterocycles. The summed E-state index contributed by atoms with van der Waals surface area (Å²) in [5.41, 5.74) is 9.69. The van der Waals surface area contributed by atoms with Gasteiger partial charge < -0.3 is 9.13 Å². The Hall–Kier alpha value is -5.15. The van der Waals surface area contributed by atoms with Gasteiger partial charge in [0.15, 0.2) is 0 Å². The molecule has 0 unspecified atom stereocenters. The normalized spacial score (nSPS) is 12.9. The second kappa shape index (κ2) is 7.68. The third kappa shape index (κ3) is 2.79. The third-order valence-corrected chi connectivity index (χ3v) is 8.35. The lowest BCUT2D eigenvalue weighted by molar-refractivity contribution is 1.14. The van der Waals surface area contributed by atoms with Gasteiger partial charge in [-0.2, -0.15) is 0 Å². The summed E-state index contributed by atoms with van der Waals surface area (Å²) in [6, 6.07) is 44.1. The van der Waals surface area contributed by atoms with E-state index >= 15 is 0 Å². The molecule has 6 aromatic carbocycles. The Bertz CT molecular complexity index is 2300. The van der Waals surface area contributed by atoms with E-state index < -0.39 is 0 Å². The van der Waals surface area contributed by atoms with Gasteiger partial charge in [0, 0.05) is 45.4 Å². The average Bonchev–Trinajstić information content (AvgIpc) is 3.69. The average molecular weight is 498 g/mol. The zero-order chi connectivity index (χ0) is 25.5. The predicted octanol–water partition coefficient (Wildman–Crippen LogP) is 9.29. The molecule has 0 radical (unpaired) electrons. The maximum Gasteiger partial charge on any atom is 0.0682 e. The minimum atomic E-state index is 0.868. The number of benzene rings is 6. The van der Waals surface area contributed by atoms with E-state index in [2.05, 4.69) is 135 Å². The molecule has 0 saturated carbocycles. The summed E-state index contributed by atoms with van der Waals surface area (Å²) in [6.45, 7) is 0. The summed E-state index contributed by atoms with van der Waals surface area (Å²) in [5, 5.41) is 7.67. The molecule has 0 bridgehead atoms. The molecule has 2 aromatic heterocycles. The molecular weight excluding hydrogens is 474 g/mol. The Morgan fingerprint density at radius 2 is 1.28 bits per heavy atom. The van der Waals surface area contributed by atoms with Crippen LogP contribution in [0.5, 0.6) is 0 Å². The van der Waals surface area contributed by atoms with Gasteiger partial charge in [0.25, 0.3) is 0 Å². The van der Waals surface area contributed by atoms with Crippen molar-refractivity contribution in [2.75, 3.05) is 0 Å².